The number of halogens is 2. The highest BCUT2D eigenvalue weighted by Gasteiger charge is 2.25. The Balaban J connectivity index is 1.26. The molecule has 0 radical (unpaired) electrons. The summed E-state index contributed by atoms with van der Waals surface area (Å²) in [7, 11) is 0. The van der Waals surface area contributed by atoms with Gasteiger partial charge in [0.05, 0.1) is 18.9 Å². The fraction of sp³-hybridized carbons (Fsp3) is 0.321. The maximum Gasteiger partial charge on any atom is 0.254 e. The van der Waals surface area contributed by atoms with E-state index in [2.05, 4.69) is 15.3 Å². The lowest BCUT2D eigenvalue weighted by Crippen LogP contribution is -2.40. The number of aromatic nitrogens is 3. The summed E-state index contributed by atoms with van der Waals surface area (Å²) in [6, 6.07) is 10.3. The number of anilines is 3. The van der Waals surface area contributed by atoms with Crippen LogP contribution < -0.4 is 10.2 Å². The van der Waals surface area contributed by atoms with Gasteiger partial charge >= 0.3 is 0 Å². The van der Waals surface area contributed by atoms with Crippen LogP contribution in [0.25, 0.3) is 16.7 Å². The first-order valence-corrected chi connectivity index (χ1v) is 12.8. The molecule has 2 aromatic carbocycles. The Labute approximate surface area is 218 Å². The van der Waals surface area contributed by atoms with Crippen molar-refractivity contribution < 1.29 is 18.3 Å². The van der Waals surface area contributed by atoms with Crippen molar-refractivity contribution in [1.29, 1.82) is 0 Å². The van der Waals surface area contributed by atoms with Crippen LogP contribution in [0.4, 0.5) is 26.1 Å². The highest BCUT2D eigenvalue weighted by molar-refractivity contribution is 5.94. The van der Waals surface area contributed by atoms with Gasteiger partial charge < -0.3 is 24.4 Å². The minimum atomic E-state index is -0.578. The number of fused-ring (bicyclic) bond motifs is 1. The standard InChI is InChI=1S/C28H28F2N6O2/c1-18-23(16-22(29)25(24(18)30)34-9-2-3-10-34)36-11-8-20-17-31-28(33-26(20)36)32-21-6-4-19(5-7-21)27(37)35-12-14-38-15-13-35/h4-8,11,16-17H,2-3,9-10,12-15H2,1H3,(H,31,32,33). The largest absolute Gasteiger partial charge is 0.378 e. The molecule has 2 aliphatic rings. The zero-order valence-electron chi connectivity index (χ0n) is 21.1. The maximum atomic E-state index is 15.4. The number of amides is 1. The fourth-order valence-corrected chi connectivity index (χ4v) is 5.12. The van der Waals surface area contributed by atoms with E-state index in [0.29, 0.717) is 73.5 Å². The molecule has 1 amide bonds. The summed E-state index contributed by atoms with van der Waals surface area (Å²) in [5, 5.41) is 3.90. The molecular formula is C28H28F2N6O2. The molecule has 6 rings (SSSR count). The zero-order chi connectivity index (χ0) is 26.2. The number of nitrogens with one attached hydrogen (secondary N) is 1. The molecule has 0 saturated carbocycles. The lowest BCUT2D eigenvalue weighted by atomic mass is 10.1. The number of carbonyl (C=O) groups is 1. The maximum absolute atomic E-state index is 15.4. The van der Waals surface area contributed by atoms with E-state index < -0.39 is 11.6 Å². The van der Waals surface area contributed by atoms with E-state index in [4.69, 9.17) is 4.74 Å². The van der Waals surface area contributed by atoms with Crippen molar-refractivity contribution in [2.24, 2.45) is 0 Å². The molecule has 2 fully saturated rings. The summed E-state index contributed by atoms with van der Waals surface area (Å²) in [6.07, 6.45) is 5.27. The van der Waals surface area contributed by atoms with Crippen LogP contribution in [0.1, 0.15) is 28.8 Å². The van der Waals surface area contributed by atoms with Crippen molar-refractivity contribution in [1.82, 2.24) is 19.4 Å². The van der Waals surface area contributed by atoms with Crippen molar-refractivity contribution in [2.45, 2.75) is 19.8 Å². The third-order valence-electron chi connectivity index (χ3n) is 7.21. The molecule has 4 aromatic rings. The molecule has 0 atom stereocenters. The summed E-state index contributed by atoms with van der Waals surface area (Å²) >= 11 is 0. The van der Waals surface area contributed by atoms with Gasteiger partial charge in [0.1, 0.15) is 11.3 Å². The molecule has 2 aliphatic heterocycles. The first-order valence-electron chi connectivity index (χ1n) is 12.8. The molecule has 0 bridgehead atoms. The highest BCUT2D eigenvalue weighted by Crippen LogP contribution is 2.33. The number of nitrogens with zero attached hydrogens (tertiary/aromatic N) is 5. The SMILES string of the molecule is Cc1c(-n2ccc3cnc(Nc4ccc(C(=O)N5CCOCC5)cc4)nc32)cc(F)c(N2CCCC2)c1F. The van der Waals surface area contributed by atoms with Gasteiger partial charge in [-0.15, -0.1) is 0 Å². The van der Waals surface area contributed by atoms with E-state index in [0.717, 1.165) is 18.2 Å². The Morgan fingerprint density at radius 2 is 1.76 bits per heavy atom. The Kier molecular flexibility index (Phi) is 6.40. The molecule has 0 unspecified atom stereocenters. The number of ether oxygens (including phenoxy) is 1. The predicted molar refractivity (Wildman–Crippen MR) is 141 cm³/mol. The number of morpholine rings is 1. The normalized spacial score (nSPS) is 15.9. The summed E-state index contributed by atoms with van der Waals surface area (Å²) in [5.74, 6) is -0.813. The second-order valence-corrected chi connectivity index (χ2v) is 9.62. The number of rotatable bonds is 5. The van der Waals surface area contributed by atoms with E-state index >= 15 is 8.78 Å². The van der Waals surface area contributed by atoms with Gasteiger partial charge in [-0.25, -0.2) is 13.8 Å². The van der Waals surface area contributed by atoms with E-state index in [-0.39, 0.29) is 11.6 Å². The molecule has 1 N–H and O–H groups in total. The second kappa shape index (κ2) is 10.0. The van der Waals surface area contributed by atoms with Crippen molar-refractivity contribution in [3.63, 3.8) is 0 Å². The molecule has 4 heterocycles. The monoisotopic (exact) mass is 518 g/mol. The number of carbonyl (C=O) groups excluding carboxylic acids is 1. The van der Waals surface area contributed by atoms with Crippen molar-refractivity contribution in [3.8, 4) is 5.69 Å². The first-order chi connectivity index (χ1) is 18.5. The molecule has 10 heteroatoms. The average Bonchev–Trinajstić information content (AvgIpc) is 3.62. The van der Waals surface area contributed by atoms with Crippen LogP contribution in [0.5, 0.6) is 0 Å². The lowest BCUT2D eigenvalue weighted by molar-refractivity contribution is 0.0303. The number of benzene rings is 2. The zero-order valence-corrected chi connectivity index (χ0v) is 21.1. The fourth-order valence-electron chi connectivity index (χ4n) is 5.12. The van der Waals surface area contributed by atoms with E-state index in [9.17, 15) is 4.79 Å². The molecule has 38 heavy (non-hydrogen) atoms. The van der Waals surface area contributed by atoms with Crippen molar-refractivity contribution >= 4 is 34.3 Å². The van der Waals surface area contributed by atoms with Gasteiger partial charge in [-0.3, -0.25) is 4.79 Å². The van der Waals surface area contributed by atoms with Crippen LogP contribution in [0.2, 0.25) is 0 Å². The third kappa shape index (κ3) is 4.45. The molecule has 0 spiro atoms. The van der Waals surface area contributed by atoms with Gasteiger partial charge in [0, 0.05) is 66.8 Å². The summed E-state index contributed by atoms with van der Waals surface area (Å²) in [4.78, 5) is 25.3. The molecular weight excluding hydrogens is 490 g/mol. The molecule has 2 aromatic heterocycles. The van der Waals surface area contributed by atoms with Gasteiger partial charge in [-0.05, 0) is 50.1 Å². The van der Waals surface area contributed by atoms with Crippen LogP contribution in [0.3, 0.4) is 0 Å². The van der Waals surface area contributed by atoms with E-state index in [1.54, 1.807) is 57.9 Å². The molecule has 0 aliphatic carbocycles. The summed E-state index contributed by atoms with van der Waals surface area (Å²) in [5.41, 5.74) is 2.64. The molecule has 8 nitrogen and oxygen atoms in total. The van der Waals surface area contributed by atoms with Gasteiger partial charge in [0.2, 0.25) is 5.95 Å². The minimum absolute atomic E-state index is 0.0269. The topological polar surface area (TPSA) is 75.5 Å². The van der Waals surface area contributed by atoms with Crippen LogP contribution in [0.15, 0.2) is 48.8 Å². The van der Waals surface area contributed by atoms with Crippen molar-refractivity contribution in [2.75, 3.05) is 49.6 Å². The van der Waals surface area contributed by atoms with Crippen LogP contribution >= 0.6 is 0 Å². The Bertz CT molecular complexity index is 1490. The van der Waals surface area contributed by atoms with Crippen LogP contribution in [-0.4, -0.2) is 64.7 Å². The molecule has 196 valence electrons. The molecule has 2 saturated heterocycles. The highest BCUT2D eigenvalue weighted by atomic mass is 19.1. The van der Waals surface area contributed by atoms with Crippen LogP contribution in [0, 0.1) is 18.6 Å². The Morgan fingerprint density at radius 3 is 2.50 bits per heavy atom. The predicted octanol–water partition coefficient (Wildman–Crippen LogP) is 4.82. The van der Waals surface area contributed by atoms with Gasteiger partial charge in [-0.1, -0.05) is 0 Å². The lowest BCUT2D eigenvalue weighted by Gasteiger charge is -2.26. The smallest absolute Gasteiger partial charge is 0.254 e. The first kappa shape index (κ1) is 24.3. The second-order valence-electron chi connectivity index (χ2n) is 9.62. The van der Waals surface area contributed by atoms with Gasteiger partial charge in [0.25, 0.3) is 5.91 Å². The minimum Gasteiger partial charge on any atom is -0.378 e. The average molecular weight is 519 g/mol. The van der Waals surface area contributed by atoms with Gasteiger partial charge in [-0.2, -0.15) is 4.98 Å². The van der Waals surface area contributed by atoms with E-state index in [1.807, 2.05) is 6.07 Å². The van der Waals surface area contributed by atoms with Crippen LogP contribution in [-0.2, 0) is 4.74 Å². The van der Waals surface area contributed by atoms with Crippen molar-refractivity contribution in [3.05, 3.63) is 71.6 Å². The van der Waals surface area contributed by atoms with Gasteiger partial charge in [0.15, 0.2) is 11.6 Å². The Hall–Kier alpha value is -4.05. The van der Waals surface area contributed by atoms with E-state index in [1.165, 1.54) is 6.07 Å². The quantitative estimate of drug-likeness (QED) is 0.408. The Morgan fingerprint density at radius 1 is 1.03 bits per heavy atom. The third-order valence-corrected chi connectivity index (χ3v) is 7.21. The number of hydrogen-bond donors (Lipinski definition) is 1. The number of hydrogen-bond acceptors (Lipinski definition) is 6. The summed E-state index contributed by atoms with van der Waals surface area (Å²) in [6.45, 7) is 5.24. The summed E-state index contributed by atoms with van der Waals surface area (Å²) < 4.78 is 37.5.